The van der Waals surface area contributed by atoms with E-state index in [9.17, 15) is 9.18 Å². The van der Waals surface area contributed by atoms with Gasteiger partial charge in [-0.15, -0.1) is 0 Å². The van der Waals surface area contributed by atoms with Crippen molar-refractivity contribution in [2.75, 3.05) is 26.2 Å². The smallest absolute Gasteiger partial charge is 0.317 e. The molecule has 1 N–H and O–H groups in total. The molecule has 0 aromatic heterocycles. The summed E-state index contributed by atoms with van der Waals surface area (Å²) in [4.78, 5) is 16.5. The highest BCUT2D eigenvalue weighted by Crippen LogP contribution is 2.27. The number of nitrogens with one attached hydrogen (secondary N) is 1. The fourth-order valence-corrected chi connectivity index (χ4v) is 3.25. The average Bonchev–Trinajstić information content (AvgIpc) is 3.38. The van der Waals surface area contributed by atoms with E-state index in [4.69, 9.17) is 0 Å². The minimum atomic E-state index is -0.189. The van der Waals surface area contributed by atoms with Crippen molar-refractivity contribution in [1.82, 2.24) is 15.1 Å². The first kappa shape index (κ1) is 16.2. The molecule has 5 heteroatoms. The maximum Gasteiger partial charge on any atom is 0.317 e. The van der Waals surface area contributed by atoms with Gasteiger partial charge in [0.05, 0.1) is 0 Å². The van der Waals surface area contributed by atoms with Crippen LogP contribution in [0, 0.1) is 5.82 Å². The maximum atomic E-state index is 13.2. The van der Waals surface area contributed by atoms with Crippen molar-refractivity contribution >= 4 is 6.03 Å². The zero-order valence-corrected chi connectivity index (χ0v) is 13.8. The van der Waals surface area contributed by atoms with Crippen LogP contribution in [0.25, 0.3) is 0 Å². The summed E-state index contributed by atoms with van der Waals surface area (Å²) in [6, 6.07) is 7.67. The highest BCUT2D eigenvalue weighted by molar-refractivity contribution is 5.75. The molecule has 2 amide bonds. The summed E-state index contributed by atoms with van der Waals surface area (Å²) in [5, 5.41) is 3.06. The topological polar surface area (TPSA) is 35.6 Å². The van der Waals surface area contributed by atoms with Crippen LogP contribution in [0.15, 0.2) is 24.3 Å². The Kier molecular flexibility index (Phi) is 5.16. The van der Waals surface area contributed by atoms with E-state index < -0.39 is 0 Å². The third-order valence-electron chi connectivity index (χ3n) is 4.76. The number of urea groups is 1. The SMILES string of the molecule is CCCC(c1ccc(F)cc1)N1CCN(C(=O)NC2CC2)CC1. The van der Waals surface area contributed by atoms with E-state index in [0.29, 0.717) is 12.1 Å². The van der Waals surface area contributed by atoms with Crippen molar-refractivity contribution in [1.29, 1.82) is 0 Å². The van der Waals surface area contributed by atoms with E-state index >= 15 is 0 Å². The van der Waals surface area contributed by atoms with Gasteiger partial charge in [-0.25, -0.2) is 9.18 Å². The molecule has 4 nitrogen and oxygen atoms in total. The summed E-state index contributed by atoms with van der Waals surface area (Å²) < 4.78 is 13.2. The minimum absolute atomic E-state index is 0.0842. The predicted molar refractivity (Wildman–Crippen MR) is 88.7 cm³/mol. The van der Waals surface area contributed by atoms with E-state index in [0.717, 1.165) is 51.9 Å². The maximum absolute atomic E-state index is 13.2. The molecule has 1 aromatic carbocycles. The molecule has 0 bridgehead atoms. The second kappa shape index (κ2) is 7.30. The first-order valence-electron chi connectivity index (χ1n) is 8.72. The van der Waals surface area contributed by atoms with E-state index in [1.807, 2.05) is 17.0 Å². The number of benzene rings is 1. The number of hydrogen-bond acceptors (Lipinski definition) is 2. The monoisotopic (exact) mass is 319 g/mol. The van der Waals surface area contributed by atoms with Gasteiger partial charge < -0.3 is 10.2 Å². The van der Waals surface area contributed by atoms with Crippen LogP contribution in [0.5, 0.6) is 0 Å². The number of rotatable bonds is 5. The lowest BCUT2D eigenvalue weighted by Crippen LogP contribution is -2.52. The Labute approximate surface area is 137 Å². The first-order chi connectivity index (χ1) is 11.2. The average molecular weight is 319 g/mol. The number of hydrogen-bond donors (Lipinski definition) is 1. The summed E-state index contributed by atoms with van der Waals surface area (Å²) >= 11 is 0. The highest BCUT2D eigenvalue weighted by Gasteiger charge is 2.29. The normalized spacial score (nSPS) is 20.3. The van der Waals surface area contributed by atoms with Crippen LogP contribution in [0.2, 0.25) is 0 Å². The number of nitrogens with zero attached hydrogens (tertiary/aromatic N) is 2. The first-order valence-corrected chi connectivity index (χ1v) is 8.72. The largest absolute Gasteiger partial charge is 0.335 e. The third kappa shape index (κ3) is 4.22. The second-order valence-corrected chi connectivity index (χ2v) is 6.60. The summed E-state index contributed by atoms with van der Waals surface area (Å²) in [5.74, 6) is -0.189. The van der Waals surface area contributed by atoms with Gasteiger partial charge in [-0.05, 0) is 37.0 Å². The molecule has 23 heavy (non-hydrogen) atoms. The Bertz CT molecular complexity index is 522. The van der Waals surface area contributed by atoms with Crippen LogP contribution in [0.3, 0.4) is 0 Å². The van der Waals surface area contributed by atoms with Gasteiger partial charge >= 0.3 is 6.03 Å². The van der Waals surface area contributed by atoms with Crippen molar-refractivity contribution < 1.29 is 9.18 Å². The summed E-state index contributed by atoms with van der Waals surface area (Å²) in [5.41, 5.74) is 1.17. The van der Waals surface area contributed by atoms with Crippen molar-refractivity contribution in [3.8, 4) is 0 Å². The molecule has 2 aliphatic rings. The van der Waals surface area contributed by atoms with E-state index in [2.05, 4.69) is 17.1 Å². The molecule has 0 spiro atoms. The van der Waals surface area contributed by atoms with E-state index in [1.165, 1.54) is 17.7 Å². The number of amides is 2. The molecule has 1 aliphatic carbocycles. The van der Waals surface area contributed by atoms with Crippen molar-refractivity contribution in [3.05, 3.63) is 35.6 Å². The molecule has 1 atom stereocenters. The van der Waals surface area contributed by atoms with Crippen LogP contribution in [0.1, 0.15) is 44.2 Å². The molecule has 2 fully saturated rings. The Morgan fingerprint density at radius 3 is 2.43 bits per heavy atom. The third-order valence-corrected chi connectivity index (χ3v) is 4.76. The number of carbonyl (C=O) groups is 1. The van der Waals surface area contributed by atoms with Crippen molar-refractivity contribution in [2.24, 2.45) is 0 Å². The fourth-order valence-electron chi connectivity index (χ4n) is 3.25. The summed E-state index contributed by atoms with van der Waals surface area (Å²) in [6.07, 6.45) is 4.38. The lowest BCUT2D eigenvalue weighted by atomic mass is 10.00. The lowest BCUT2D eigenvalue weighted by molar-refractivity contribution is 0.103. The number of carbonyl (C=O) groups excluding carboxylic acids is 1. The molecule has 3 rings (SSSR count). The molecule has 1 heterocycles. The molecule has 1 saturated heterocycles. The molecule has 1 aliphatic heterocycles. The van der Waals surface area contributed by atoms with Crippen LogP contribution in [-0.2, 0) is 0 Å². The molecule has 1 saturated carbocycles. The van der Waals surface area contributed by atoms with Crippen LogP contribution < -0.4 is 5.32 Å². The van der Waals surface area contributed by atoms with Gasteiger partial charge in [-0.2, -0.15) is 0 Å². The fraction of sp³-hybridized carbons (Fsp3) is 0.611. The molecule has 1 aromatic rings. The van der Waals surface area contributed by atoms with Gasteiger partial charge in [-0.3, -0.25) is 4.90 Å². The number of piperazine rings is 1. The standard InChI is InChI=1S/C18H26FN3O/c1-2-3-17(14-4-6-15(19)7-5-14)21-10-12-22(13-11-21)18(23)20-16-8-9-16/h4-7,16-17H,2-3,8-13H2,1H3,(H,20,23). The van der Waals surface area contributed by atoms with Crippen molar-refractivity contribution in [3.63, 3.8) is 0 Å². The quantitative estimate of drug-likeness (QED) is 0.905. The zero-order valence-electron chi connectivity index (χ0n) is 13.8. The molecule has 126 valence electrons. The summed E-state index contributed by atoms with van der Waals surface area (Å²) in [7, 11) is 0. The van der Waals surface area contributed by atoms with Gasteiger partial charge in [0.1, 0.15) is 5.82 Å². The van der Waals surface area contributed by atoms with Gasteiger partial charge in [0.25, 0.3) is 0 Å². The van der Waals surface area contributed by atoms with Gasteiger partial charge in [0.15, 0.2) is 0 Å². The van der Waals surface area contributed by atoms with Crippen LogP contribution in [0.4, 0.5) is 9.18 Å². The molecular weight excluding hydrogens is 293 g/mol. The van der Waals surface area contributed by atoms with Crippen LogP contribution in [-0.4, -0.2) is 48.1 Å². The van der Waals surface area contributed by atoms with E-state index in [-0.39, 0.29) is 11.8 Å². The highest BCUT2D eigenvalue weighted by atomic mass is 19.1. The second-order valence-electron chi connectivity index (χ2n) is 6.60. The Morgan fingerprint density at radius 1 is 1.22 bits per heavy atom. The van der Waals surface area contributed by atoms with Gasteiger partial charge in [0, 0.05) is 38.3 Å². The van der Waals surface area contributed by atoms with Gasteiger partial charge in [0.2, 0.25) is 0 Å². The summed E-state index contributed by atoms with van der Waals surface area (Å²) in [6.45, 7) is 5.45. The zero-order chi connectivity index (χ0) is 16.2. The van der Waals surface area contributed by atoms with Crippen LogP contribution >= 0.6 is 0 Å². The molecule has 1 unspecified atom stereocenters. The van der Waals surface area contributed by atoms with E-state index in [1.54, 1.807) is 0 Å². The Balaban J connectivity index is 1.58. The predicted octanol–water partition coefficient (Wildman–Crippen LogP) is 3.16. The lowest BCUT2D eigenvalue weighted by Gasteiger charge is -2.39. The van der Waals surface area contributed by atoms with Gasteiger partial charge in [-0.1, -0.05) is 25.5 Å². The molecular formula is C18H26FN3O. The minimum Gasteiger partial charge on any atom is -0.335 e. The Hall–Kier alpha value is -1.62. The molecule has 0 radical (unpaired) electrons. The Morgan fingerprint density at radius 2 is 1.87 bits per heavy atom. The number of halogens is 1. The van der Waals surface area contributed by atoms with Crippen molar-refractivity contribution in [2.45, 2.75) is 44.7 Å².